The van der Waals surface area contributed by atoms with Crippen molar-refractivity contribution in [3.8, 4) is 0 Å². The predicted molar refractivity (Wildman–Crippen MR) is 211 cm³/mol. The van der Waals surface area contributed by atoms with Gasteiger partial charge in [0.1, 0.15) is 6.61 Å². The molecule has 0 aromatic carbocycles. The van der Waals surface area contributed by atoms with Crippen molar-refractivity contribution in [1.82, 2.24) is 0 Å². The minimum Gasteiger partial charge on any atom is -0.462 e. The lowest BCUT2D eigenvalue weighted by Crippen LogP contribution is -2.29. The summed E-state index contributed by atoms with van der Waals surface area (Å²) in [6, 6.07) is 0. The second-order valence-corrected chi connectivity index (χ2v) is 14.7. The molecule has 5 N–H and O–H groups in total. The van der Waals surface area contributed by atoms with Crippen molar-refractivity contribution in [3.05, 3.63) is 60.8 Å². The number of ether oxygens (including phenoxy) is 2. The van der Waals surface area contributed by atoms with Gasteiger partial charge in [-0.1, -0.05) is 145 Å². The molecule has 0 unspecified atom stereocenters. The van der Waals surface area contributed by atoms with Crippen LogP contribution in [0, 0.1) is 0 Å². The van der Waals surface area contributed by atoms with Crippen LogP contribution in [0.5, 0.6) is 0 Å². The molecule has 11 nitrogen and oxygen atoms in total. The first-order chi connectivity index (χ1) is 25.5. The van der Waals surface area contributed by atoms with Crippen LogP contribution in [-0.4, -0.2) is 74.7 Å². The molecule has 306 valence electrons. The van der Waals surface area contributed by atoms with Crippen molar-refractivity contribution in [1.29, 1.82) is 0 Å². The van der Waals surface area contributed by atoms with E-state index in [1.165, 1.54) is 57.4 Å². The zero-order chi connectivity index (χ0) is 39.4. The van der Waals surface area contributed by atoms with Crippen LogP contribution < -0.4 is 0 Å². The van der Waals surface area contributed by atoms with Crippen LogP contribution in [-0.2, 0) is 28.2 Å². The van der Waals surface area contributed by atoms with Gasteiger partial charge in [0.05, 0.1) is 24.9 Å². The van der Waals surface area contributed by atoms with E-state index in [2.05, 4.69) is 30.5 Å². The molecule has 0 aliphatic carbocycles. The Bertz CT molecular complexity index is 1100. The minimum absolute atomic E-state index is 0.0881. The number of hydrogen-bond donors (Lipinski definition) is 5. The summed E-state index contributed by atoms with van der Waals surface area (Å²) in [5.41, 5.74) is 0. The highest BCUT2D eigenvalue weighted by Crippen LogP contribution is 2.36. The number of unbranched alkanes of at least 4 members (excludes halogenated alkanes) is 13. The minimum atomic E-state index is -4.85. The van der Waals surface area contributed by atoms with Gasteiger partial charge in [-0.05, 0) is 51.4 Å². The number of carbonyl (C=O) groups excluding carboxylic acids is 2. The normalized spacial score (nSPS) is 14.9. The van der Waals surface area contributed by atoms with Crippen molar-refractivity contribution in [2.45, 2.75) is 173 Å². The average Bonchev–Trinajstić information content (AvgIpc) is 3.11. The lowest BCUT2D eigenvalue weighted by Gasteiger charge is -2.19. The first kappa shape index (κ1) is 50.6. The van der Waals surface area contributed by atoms with Crippen molar-refractivity contribution in [3.63, 3.8) is 0 Å². The van der Waals surface area contributed by atoms with Crippen LogP contribution in [0.4, 0.5) is 0 Å². The lowest BCUT2D eigenvalue weighted by molar-refractivity contribution is -0.161. The zero-order valence-electron chi connectivity index (χ0n) is 32.5. The number of esters is 2. The smallest absolute Gasteiger partial charge is 0.462 e. The van der Waals surface area contributed by atoms with Gasteiger partial charge in [0.15, 0.2) is 6.10 Å². The lowest BCUT2D eigenvalue weighted by atomic mass is 10.1. The summed E-state index contributed by atoms with van der Waals surface area (Å²) in [5, 5.41) is 30.3. The van der Waals surface area contributed by atoms with Crippen LogP contribution in [0.1, 0.15) is 149 Å². The van der Waals surface area contributed by atoms with E-state index < -0.39 is 57.4 Å². The summed E-state index contributed by atoms with van der Waals surface area (Å²) in [6.45, 7) is 3.26. The molecule has 0 aliphatic heterocycles. The van der Waals surface area contributed by atoms with E-state index in [1.807, 2.05) is 0 Å². The Morgan fingerprint density at radius 2 is 1.13 bits per heavy atom. The third-order valence-electron chi connectivity index (χ3n) is 8.38. The molecule has 0 saturated heterocycles. The molecule has 0 heterocycles. The quantitative estimate of drug-likeness (QED) is 0.0137. The molecule has 0 amide bonds. The van der Waals surface area contributed by atoms with Crippen molar-refractivity contribution in [2.75, 3.05) is 13.2 Å². The molecule has 12 heteroatoms. The molecule has 0 fully saturated rings. The van der Waals surface area contributed by atoms with Gasteiger partial charge in [-0.25, -0.2) is 4.57 Å². The van der Waals surface area contributed by atoms with Gasteiger partial charge in [0.25, 0.3) is 0 Å². The van der Waals surface area contributed by atoms with Crippen LogP contribution in [0.2, 0.25) is 0 Å². The molecule has 0 rings (SSSR count). The van der Waals surface area contributed by atoms with Gasteiger partial charge >= 0.3 is 19.8 Å². The highest BCUT2D eigenvalue weighted by atomic mass is 31.2. The number of phosphoric ester groups is 1. The van der Waals surface area contributed by atoms with Crippen molar-refractivity contribution < 1.29 is 53.3 Å². The number of hydrogen-bond acceptors (Lipinski definition) is 9. The topological polar surface area (TPSA) is 180 Å². The Morgan fingerprint density at radius 3 is 1.75 bits per heavy atom. The Kier molecular flexibility index (Phi) is 33.8. The Labute approximate surface area is 319 Å². The summed E-state index contributed by atoms with van der Waals surface area (Å²) in [5.74, 6) is -1.22. The largest absolute Gasteiger partial charge is 0.469 e. The fourth-order valence-electron chi connectivity index (χ4n) is 5.22. The third kappa shape index (κ3) is 36.4. The maximum atomic E-state index is 12.4. The summed E-state index contributed by atoms with van der Waals surface area (Å²) in [6.07, 6.45) is 33.1. The van der Waals surface area contributed by atoms with Crippen molar-refractivity contribution in [2.24, 2.45) is 0 Å². The molecule has 0 aromatic rings. The van der Waals surface area contributed by atoms with Gasteiger partial charge in [-0.3, -0.25) is 14.1 Å². The predicted octanol–water partition coefficient (Wildman–Crippen LogP) is 8.65. The molecule has 0 bridgehead atoms. The second kappa shape index (κ2) is 35.3. The number of rotatable bonds is 35. The summed E-state index contributed by atoms with van der Waals surface area (Å²) in [7, 11) is -4.85. The highest BCUT2D eigenvalue weighted by molar-refractivity contribution is 7.46. The number of aliphatic hydroxyl groups is 3. The maximum absolute atomic E-state index is 12.4. The fourth-order valence-corrected chi connectivity index (χ4v) is 5.58. The van der Waals surface area contributed by atoms with Crippen LogP contribution in [0.3, 0.4) is 0 Å². The van der Waals surface area contributed by atoms with E-state index in [9.17, 15) is 29.5 Å². The zero-order valence-corrected chi connectivity index (χ0v) is 33.4. The second-order valence-electron chi connectivity index (χ2n) is 13.5. The van der Waals surface area contributed by atoms with Gasteiger partial charge in [-0.15, -0.1) is 0 Å². The SMILES string of the molecule is CCCCCC/C=C\CCCCCCCCCC(=O)OC[C@H](COP(=O)(O)O)OC(=O)CCC[C@H](O)[C@@H](O)/C=C/C=C/C=C\C=C\[C@@H](O)CCCCC. The Balaban J connectivity index is 4.32. The van der Waals surface area contributed by atoms with E-state index in [4.69, 9.17) is 19.3 Å². The molecule has 0 saturated carbocycles. The summed E-state index contributed by atoms with van der Waals surface area (Å²) in [4.78, 5) is 42.8. The first-order valence-corrected chi connectivity index (χ1v) is 21.4. The summed E-state index contributed by atoms with van der Waals surface area (Å²) >= 11 is 0. The molecule has 53 heavy (non-hydrogen) atoms. The van der Waals surface area contributed by atoms with Gasteiger partial charge in [0.2, 0.25) is 0 Å². The summed E-state index contributed by atoms with van der Waals surface area (Å²) < 4.78 is 26.1. The number of allylic oxidation sites excluding steroid dienone is 8. The molecule has 0 aliphatic rings. The average molecular weight is 771 g/mol. The molecule has 0 spiro atoms. The fraction of sp³-hybridized carbons (Fsp3) is 0.707. The first-order valence-electron chi connectivity index (χ1n) is 19.9. The van der Waals surface area contributed by atoms with Crippen LogP contribution >= 0.6 is 7.82 Å². The van der Waals surface area contributed by atoms with Crippen LogP contribution in [0.25, 0.3) is 0 Å². The van der Waals surface area contributed by atoms with Crippen molar-refractivity contribution >= 4 is 19.8 Å². The third-order valence-corrected chi connectivity index (χ3v) is 8.86. The molecular formula is C41H71O11P. The van der Waals surface area contributed by atoms with E-state index in [0.717, 1.165) is 51.4 Å². The van der Waals surface area contributed by atoms with Gasteiger partial charge < -0.3 is 34.6 Å². The van der Waals surface area contributed by atoms with E-state index >= 15 is 0 Å². The standard InChI is InChI=1S/C41H71O11P/c1-3-5-7-8-9-10-11-12-13-14-15-16-17-22-26-32-40(45)50-34-37(35-51-53(47,48)49)52-41(46)33-27-31-39(44)38(43)30-25-21-19-18-20-24-29-36(42)28-23-6-4-2/h10-11,18-21,24-25,29-30,36-39,42-44H,3-9,12-17,22-23,26-28,31-35H2,1-2H3,(H2,47,48,49)/b11-10-,20-18-,21-19+,29-24+,30-25+/t36-,37+,38-,39-/m0/s1. The number of aliphatic hydroxyl groups excluding tert-OH is 3. The van der Waals surface area contributed by atoms with E-state index in [-0.39, 0.29) is 25.7 Å². The number of carbonyl (C=O) groups is 2. The van der Waals surface area contributed by atoms with E-state index in [1.54, 1.807) is 42.5 Å². The molecule has 4 atom stereocenters. The van der Waals surface area contributed by atoms with Gasteiger partial charge in [0, 0.05) is 12.8 Å². The molecular weight excluding hydrogens is 699 g/mol. The number of phosphoric acid groups is 1. The Morgan fingerprint density at radius 1 is 0.604 bits per heavy atom. The van der Waals surface area contributed by atoms with E-state index in [0.29, 0.717) is 6.42 Å². The Hall–Kier alpha value is -2.37. The highest BCUT2D eigenvalue weighted by Gasteiger charge is 2.23. The van der Waals surface area contributed by atoms with Gasteiger partial charge in [-0.2, -0.15) is 0 Å². The monoisotopic (exact) mass is 770 g/mol. The molecule has 0 radical (unpaired) electrons. The maximum Gasteiger partial charge on any atom is 0.469 e. The molecule has 0 aromatic heterocycles. The van der Waals surface area contributed by atoms with Crippen LogP contribution in [0.15, 0.2) is 60.8 Å².